The summed E-state index contributed by atoms with van der Waals surface area (Å²) in [5.74, 6) is 0.819. The maximum atomic E-state index is 12.1. The van der Waals surface area contributed by atoms with Gasteiger partial charge in [0, 0.05) is 6.54 Å². The Morgan fingerprint density at radius 1 is 1.30 bits per heavy atom. The van der Waals surface area contributed by atoms with Crippen LogP contribution in [0.15, 0.2) is 29.2 Å². The zero-order chi connectivity index (χ0) is 13.9. The van der Waals surface area contributed by atoms with Gasteiger partial charge in [-0.1, -0.05) is 26.0 Å². The predicted molar refractivity (Wildman–Crippen MR) is 83.9 cm³/mol. The standard InChI is InChI=1S/C14H22N2O2S.ClH/c1-11(2)13-3-5-14(6-4-13)19(17,18)16-10-12-7-8-15-9-12;/h3-6,11-12,15-16H,7-10H2,1-2H3;1H. The van der Waals surface area contributed by atoms with Gasteiger partial charge in [0.25, 0.3) is 0 Å². The summed E-state index contributed by atoms with van der Waals surface area (Å²) in [4.78, 5) is 0.350. The van der Waals surface area contributed by atoms with E-state index in [2.05, 4.69) is 23.9 Å². The predicted octanol–water partition coefficient (Wildman–Crippen LogP) is 2.12. The number of benzene rings is 1. The molecule has 0 radical (unpaired) electrons. The number of sulfonamides is 1. The van der Waals surface area contributed by atoms with Crippen LogP contribution >= 0.6 is 12.4 Å². The van der Waals surface area contributed by atoms with Crippen LogP contribution in [0.1, 0.15) is 31.7 Å². The lowest BCUT2D eigenvalue weighted by molar-refractivity contribution is 0.538. The van der Waals surface area contributed by atoms with E-state index in [0.29, 0.717) is 23.3 Å². The van der Waals surface area contributed by atoms with Crippen LogP contribution in [-0.4, -0.2) is 28.1 Å². The molecule has 2 N–H and O–H groups in total. The maximum Gasteiger partial charge on any atom is 0.240 e. The average Bonchev–Trinajstić information content (AvgIpc) is 2.90. The minimum absolute atomic E-state index is 0. The Morgan fingerprint density at radius 3 is 2.45 bits per heavy atom. The van der Waals surface area contributed by atoms with Crippen molar-refractivity contribution in [3.05, 3.63) is 29.8 Å². The molecule has 1 aliphatic rings. The van der Waals surface area contributed by atoms with Gasteiger partial charge >= 0.3 is 0 Å². The maximum absolute atomic E-state index is 12.1. The molecule has 0 saturated carbocycles. The molecule has 0 bridgehead atoms. The largest absolute Gasteiger partial charge is 0.316 e. The molecule has 1 aromatic rings. The van der Waals surface area contributed by atoms with Crippen LogP contribution in [0.5, 0.6) is 0 Å². The lowest BCUT2D eigenvalue weighted by Crippen LogP contribution is -2.30. The molecule has 4 nitrogen and oxygen atoms in total. The van der Waals surface area contributed by atoms with Crippen molar-refractivity contribution in [2.45, 2.75) is 31.1 Å². The third kappa shape index (κ3) is 4.45. The van der Waals surface area contributed by atoms with Crippen molar-refractivity contribution in [3.63, 3.8) is 0 Å². The minimum atomic E-state index is -3.37. The smallest absolute Gasteiger partial charge is 0.240 e. The zero-order valence-electron chi connectivity index (χ0n) is 11.9. The molecule has 6 heteroatoms. The minimum Gasteiger partial charge on any atom is -0.316 e. The fourth-order valence-electron chi connectivity index (χ4n) is 2.23. The second-order valence-corrected chi connectivity index (χ2v) is 7.20. The molecule has 1 atom stereocenters. The molecule has 1 aliphatic heterocycles. The lowest BCUT2D eigenvalue weighted by Gasteiger charge is -2.12. The summed E-state index contributed by atoms with van der Waals surface area (Å²) in [7, 11) is -3.37. The molecule has 114 valence electrons. The average molecular weight is 319 g/mol. The Hall–Kier alpha value is -0.620. The molecule has 1 saturated heterocycles. The Kier molecular flexibility index (Phi) is 6.45. The molecule has 1 heterocycles. The monoisotopic (exact) mass is 318 g/mol. The summed E-state index contributed by atoms with van der Waals surface area (Å²) in [6.07, 6.45) is 1.04. The van der Waals surface area contributed by atoms with Crippen molar-refractivity contribution in [3.8, 4) is 0 Å². The summed E-state index contributed by atoms with van der Waals surface area (Å²) in [6, 6.07) is 7.14. The van der Waals surface area contributed by atoms with Gasteiger partial charge in [-0.25, -0.2) is 13.1 Å². The first-order valence-corrected chi connectivity index (χ1v) is 8.27. The van der Waals surface area contributed by atoms with E-state index in [4.69, 9.17) is 0 Å². The molecule has 2 rings (SSSR count). The third-order valence-electron chi connectivity index (χ3n) is 3.58. The van der Waals surface area contributed by atoms with Gasteiger partial charge < -0.3 is 5.32 Å². The zero-order valence-corrected chi connectivity index (χ0v) is 13.6. The van der Waals surface area contributed by atoms with Crippen LogP contribution in [0.4, 0.5) is 0 Å². The van der Waals surface area contributed by atoms with Crippen LogP contribution < -0.4 is 10.0 Å². The fraction of sp³-hybridized carbons (Fsp3) is 0.571. The van der Waals surface area contributed by atoms with E-state index in [0.717, 1.165) is 25.1 Å². The first-order valence-electron chi connectivity index (χ1n) is 6.79. The molecular weight excluding hydrogens is 296 g/mol. The molecule has 1 aromatic carbocycles. The molecule has 20 heavy (non-hydrogen) atoms. The first kappa shape index (κ1) is 17.4. The second kappa shape index (κ2) is 7.41. The van der Waals surface area contributed by atoms with E-state index in [9.17, 15) is 8.42 Å². The highest BCUT2D eigenvalue weighted by Crippen LogP contribution is 2.17. The number of hydrogen-bond acceptors (Lipinski definition) is 3. The third-order valence-corrected chi connectivity index (χ3v) is 5.02. The van der Waals surface area contributed by atoms with Crippen molar-refractivity contribution in [1.82, 2.24) is 10.0 Å². The topological polar surface area (TPSA) is 58.2 Å². The van der Waals surface area contributed by atoms with E-state index < -0.39 is 10.0 Å². The van der Waals surface area contributed by atoms with Gasteiger partial charge in [0.2, 0.25) is 10.0 Å². The second-order valence-electron chi connectivity index (χ2n) is 5.43. The van der Waals surface area contributed by atoms with Crippen LogP contribution in [-0.2, 0) is 10.0 Å². The summed E-state index contributed by atoms with van der Waals surface area (Å²) in [6.45, 7) is 6.58. The Morgan fingerprint density at radius 2 is 1.95 bits per heavy atom. The highest BCUT2D eigenvalue weighted by Gasteiger charge is 2.19. The normalized spacial score (nSPS) is 19.1. The van der Waals surface area contributed by atoms with Gasteiger partial charge in [-0.05, 0) is 49.0 Å². The van der Waals surface area contributed by atoms with E-state index in [1.807, 2.05) is 12.1 Å². The number of halogens is 1. The Bertz CT molecular complexity index is 508. The molecular formula is C14H23ClN2O2S. The van der Waals surface area contributed by atoms with E-state index in [-0.39, 0.29) is 12.4 Å². The van der Waals surface area contributed by atoms with Gasteiger partial charge in [-0.3, -0.25) is 0 Å². The summed E-state index contributed by atoms with van der Waals surface area (Å²) < 4.78 is 27.0. The molecule has 0 amide bonds. The lowest BCUT2D eigenvalue weighted by atomic mass is 10.0. The molecule has 1 unspecified atom stereocenters. The molecule has 1 fully saturated rings. The molecule has 0 aromatic heterocycles. The highest BCUT2D eigenvalue weighted by atomic mass is 35.5. The summed E-state index contributed by atoms with van der Waals surface area (Å²) in [5, 5.41) is 3.23. The van der Waals surface area contributed by atoms with Crippen LogP contribution in [0.2, 0.25) is 0 Å². The summed E-state index contributed by atoms with van der Waals surface area (Å²) >= 11 is 0. The van der Waals surface area contributed by atoms with Crippen molar-refractivity contribution in [2.24, 2.45) is 5.92 Å². The Balaban J connectivity index is 0.00000200. The number of hydrogen-bond donors (Lipinski definition) is 2. The van der Waals surface area contributed by atoms with E-state index in [1.165, 1.54) is 0 Å². The van der Waals surface area contributed by atoms with Gasteiger partial charge in [0.05, 0.1) is 4.90 Å². The highest BCUT2D eigenvalue weighted by molar-refractivity contribution is 7.89. The van der Waals surface area contributed by atoms with Crippen LogP contribution in [0.3, 0.4) is 0 Å². The number of rotatable bonds is 5. The molecule has 0 spiro atoms. The van der Waals surface area contributed by atoms with Gasteiger partial charge in [-0.15, -0.1) is 12.4 Å². The van der Waals surface area contributed by atoms with Crippen LogP contribution in [0.25, 0.3) is 0 Å². The van der Waals surface area contributed by atoms with Crippen LogP contribution in [0, 0.1) is 5.92 Å². The van der Waals surface area contributed by atoms with E-state index >= 15 is 0 Å². The fourth-order valence-corrected chi connectivity index (χ4v) is 3.35. The van der Waals surface area contributed by atoms with Crippen molar-refractivity contribution in [2.75, 3.05) is 19.6 Å². The van der Waals surface area contributed by atoms with Gasteiger partial charge in [0.1, 0.15) is 0 Å². The van der Waals surface area contributed by atoms with Crippen molar-refractivity contribution >= 4 is 22.4 Å². The van der Waals surface area contributed by atoms with Gasteiger partial charge in [-0.2, -0.15) is 0 Å². The van der Waals surface area contributed by atoms with Gasteiger partial charge in [0.15, 0.2) is 0 Å². The van der Waals surface area contributed by atoms with Crippen molar-refractivity contribution in [1.29, 1.82) is 0 Å². The quantitative estimate of drug-likeness (QED) is 0.874. The molecule has 0 aliphatic carbocycles. The SMILES string of the molecule is CC(C)c1ccc(S(=O)(=O)NCC2CCNC2)cc1.Cl. The Labute approximate surface area is 127 Å². The van der Waals surface area contributed by atoms with Crippen molar-refractivity contribution < 1.29 is 8.42 Å². The first-order chi connectivity index (χ1) is 8.99. The summed E-state index contributed by atoms with van der Waals surface area (Å²) in [5.41, 5.74) is 1.15. The number of nitrogens with one attached hydrogen (secondary N) is 2. The van der Waals surface area contributed by atoms with E-state index in [1.54, 1.807) is 12.1 Å².